The zero-order chi connectivity index (χ0) is 19.4. The summed E-state index contributed by atoms with van der Waals surface area (Å²) in [5.41, 5.74) is 2.77. The van der Waals surface area contributed by atoms with Gasteiger partial charge in [-0.1, -0.05) is 18.2 Å². The quantitative estimate of drug-likeness (QED) is 0.603. The number of hydrogen-bond donors (Lipinski definition) is 0. The van der Waals surface area contributed by atoms with Gasteiger partial charge >= 0.3 is 5.97 Å². The first-order valence-electron chi connectivity index (χ1n) is 8.41. The normalized spacial score (nSPS) is 15.4. The van der Waals surface area contributed by atoms with Crippen LogP contribution in [0.1, 0.15) is 18.1 Å². The molecule has 6 nitrogen and oxygen atoms in total. The third-order valence-electron chi connectivity index (χ3n) is 4.37. The van der Waals surface area contributed by atoms with E-state index in [1.165, 1.54) is 7.11 Å². The van der Waals surface area contributed by atoms with E-state index in [0.29, 0.717) is 23.6 Å². The van der Waals surface area contributed by atoms with Crippen molar-refractivity contribution in [1.29, 1.82) is 0 Å². The summed E-state index contributed by atoms with van der Waals surface area (Å²) in [6.07, 6.45) is 5.05. The van der Waals surface area contributed by atoms with Gasteiger partial charge in [0, 0.05) is 18.1 Å². The molecule has 0 saturated carbocycles. The predicted octanol–water partition coefficient (Wildman–Crippen LogP) is 2.96. The van der Waals surface area contributed by atoms with Gasteiger partial charge in [-0.05, 0) is 42.3 Å². The number of pyridine rings is 1. The Bertz CT molecular complexity index is 932. The molecule has 1 amide bonds. The third kappa shape index (κ3) is 3.74. The fourth-order valence-corrected chi connectivity index (χ4v) is 2.99. The molecule has 0 atom stereocenters. The second kappa shape index (κ2) is 7.86. The van der Waals surface area contributed by atoms with Crippen molar-refractivity contribution in [3.8, 4) is 5.75 Å². The van der Waals surface area contributed by atoms with Crippen LogP contribution >= 0.6 is 0 Å². The average molecular weight is 364 g/mol. The van der Waals surface area contributed by atoms with Crippen molar-refractivity contribution in [2.24, 2.45) is 0 Å². The fraction of sp³-hybridized carbons (Fsp3) is 0.190. The minimum atomic E-state index is -0.538. The number of ether oxygens (including phenoxy) is 2. The molecule has 0 bridgehead atoms. The summed E-state index contributed by atoms with van der Waals surface area (Å²) in [5, 5.41) is 0. The first-order chi connectivity index (χ1) is 13.0. The van der Waals surface area contributed by atoms with Crippen molar-refractivity contribution in [3.05, 3.63) is 76.8 Å². The molecule has 6 heteroatoms. The Morgan fingerprint density at radius 2 is 2.04 bits per heavy atom. The van der Waals surface area contributed by atoms with E-state index in [1.54, 1.807) is 43.5 Å². The largest absolute Gasteiger partial charge is 0.497 e. The van der Waals surface area contributed by atoms with E-state index in [-0.39, 0.29) is 11.5 Å². The molecule has 2 aromatic rings. The smallest absolute Gasteiger partial charge is 0.340 e. The van der Waals surface area contributed by atoms with Gasteiger partial charge in [-0.3, -0.25) is 9.78 Å². The van der Waals surface area contributed by atoms with E-state index < -0.39 is 5.97 Å². The highest BCUT2D eigenvalue weighted by molar-refractivity contribution is 6.16. The molecule has 138 valence electrons. The molecule has 0 spiro atoms. The third-order valence-corrected chi connectivity index (χ3v) is 4.37. The maximum atomic E-state index is 13.1. The van der Waals surface area contributed by atoms with Crippen LogP contribution in [0.15, 0.2) is 65.6 Å². The molecule has 0 unspecified atom stereocenters. The van der Waals surface area contributed by atoms with Crippen molar-refractivity contribution < 1.29 is 19.1 Å². The number of allylic oxidation sites excluding steroid dienone is 1. The fourth-order valence-electron chi connectivity index (χ4n) is 2.99. The van der Waals surface area contributed by atoms with Gasteiger partial charge in [0.2, 0.25) is 0 Å². The molecule has 1 aromatic carbocycles. The highest BCUT2D eigenvalue weighted by Gasteiger charge is 2.36. The molecular weight excluding hydrogens is 344 g/mol. The van der Waals surface area contributed by atoms with Crippen LogP contribution in [-0.4, -0.2) is 36.0 Å². The molecule has 0 N–H and O–H groups in total. The van der Waals surface area contributed by atoms with Gasteiger partial charge in [0.25, 0.3) is 5.91 Å². The van der Waals surface area contributed by atoms with Crippen LogP contribution in [0, 0.1) is 0 Å². The summed E-state index contributed by atoms with van der Waals surface area (Å²) in [6, 6.07) is 11.0. The van der Waals surface area contributed by atoms with E-state index in [2.05, 4.69) is 4.98 Å². The Balaban J connectivity index is 2.03. The summed E-state index contributed by atoms with van der Waals surface area (Å²) >= 11 is 0. The van der Waals surface area contributed by atoms with E-state index in [4.69, 9.17) is 9.47 Å². The molecule has 1 aromatic heterocycles. The number of aromatic nitrogens is 1. The molecule has 3 rings (SSSR count). The second-order valence-electron chi connectivity index (χ2n) is 6.04. The topological polar surface area (TPSA) is 68.7 Å². The van der Waals surface area contributed by atoms with Crippen LogP contribution < -0.4 is 4.74 Å². The van der Waals surface area contributed by atoms with Crippen LogP contribution in [0.3, 0.4) is 0 Å². The van der Waals surface area contributed by atoms with Gasteiger partial charge in [0.15, 0.2) is 0 Å². The Morgan fingerprint density at radius 3 is 2.70 bits per heavy atom. The lowest BCUT2D eigenvalue weighted by Gasteiger charge is -2.17. The van der Waals surface area contributed by atoms with Crippen molar-refractivity contribution in [2.75, 3.05) is 14.2 Å². The molecule has 0 fully saturated rings. The molecule has 2 heterocycles. The standard InChI is InChI=1S/C21H20N2O4/c1-14-19(21(25)27-3)18(11-15-6-4-8-17(10-15)26-2)20(24)23(14)13-16-7-5-9-22-12-16/h4-12H,13H2,1-3H3/b18-11-. The van der Waals surface area contributed by atoms with Gasteiger partial charge < -0.3 is 14.4 Å². The number of rotatable bonds is 5. The van der Waals surface area contributed by atoms with E-state index in [9.17, 15) is 9.59 Å². The van der Waals surface area contributed by atoms with E-state index in [0.717, 1.165) is 11.1 Å². The maximum Gasteiger partial charge on any atom is 0.340 e. The van der Waals surface area contributed by atoms with E-state index in [1.807, 2.05) is 30.3 Å². The van der Waals surface area contributed by atoms with Gasteiger partial charge in [-0.25, -0.2) is 4.79 Å². The van der Waals surface area contributed by atoms with Crippen molar-refractivity contribution in [3.63, 3.8) is 0 Å². The molecule has 0 saturated heterocycles. The first-order valence-corrected chi connectivity index (χ1v) is 8.41. The Morgan fingerprint density at radius 1 is 1.22 bits per heavy atom. The lowest BCUT2D eigenvalue weighted by Crippen LogP contribution is -2.24. The highest BCUT2D eigenvalue weighted by Crippen LogP contribution is 2.33. The lowest BCUT2D eigenvalue weighted by atomic mass is 10.0. The Labute approximate surface area is 157 Å². The highest BCUT2D eigenvalue weighted by atomic mass is 16.5. The van der Waals surface area contributed by atoms with Crippen LogP contribution in [0.4, 0.5) is 0 Å². The zero-order valence-corrected chi connectivity index (χ0v) is 15.4. The van der Waals surface area contributed by atoms with Crippen LogP contribution in [0.2, 0.25) is 0 Å². The summed E-state index contributed by atoms with van der Waals surface area (Å²) in [5.74, 6) is -0.120. The van der Waals surface area contributed by atoms with Crippen molar-refractivity contribution in [2.45, 2.75) is 13.5 Å². The molecule has 0 aliphatic carbocycles. The number of benzene rings is 1. The minimum absolute atomic E-state index is 0.250. The molecule has 1 aliphatic heterocycles. The SMILES string of the molecule is COC(=O)C1=C(C)N(Cc2cccnc2)C(=O)/C1=C\c1cccc(OC)c1. The molecule has 1 aliphatic rings. The summed E-state index contributed by atoms with van der Waals surface area (Å²) in [6.45, 7) is 2.07. The van der Waals surface area contributed by atoms with Gasteiger partial charge in [-0.2, -0.15) is 0 Å². The monoisotopic (exact) mass is 364 g/mol. The predicted molar refractivity (Wildman–Crippen MR) is 100 cm³/mol. The minimum Gasteiger partial charge on any atom is -0.497 e. The number of amides is 1. The van der Waals surface area contributed by atoms with Gasteiger partial charge in [0.05, 0.1) is 31.9 Å². The molecular formula is C21H20N2O4. The molecule has 27 heavy (non-hydrogen) atoms. The number of carbonyl (C=O) groups is 2. The lowest BCUT2D eigenvalue weighted by molar-refractivity contribution is -0.136. The summed E-state index contributed by atoms with van der Waals surface area (Å²) < 4.78 is 10.1. The number of carbonyl (C=O) groups excluding carboxylic acids is 2. The summed E-state index contributed by atoms with van der Waals surface area (Å²) in [7, 11) is 2.88. The Hall–Kier alpha value is -3.41. The second-order valence-corrected chi connectivity index (χ2v) is 6.04. The average Bonchev–Trinajstić information content (AvgIpc) is 2.92. The number of esters is 1. The number of methoxy groups -OCH3 is 2. The zero-order valence-electron chi connectivity index (χ0n) is 15.4. The first kappa shape index (κ1) is 18.4. The van der Waals surface area contributed by atoms with Gasteiger partial charge in [0.1, 0.15) is 5.75 Å². The number of hydrogen-bond acceptors (Lipinski definition) is 5. The van der Waals surface area contributed by atoms with E-state index >= 15 is 0 Å². The van der Waals surface area contributed by atoms with Crippen LogP contribution in [0.5, 0.6) is 5.75 Å². The maximum absolute atomic E-state index is 13.1. The van der Waals surface area contributed by atoms with Gasteiger partial charge in [-0.15, -0.1) is 0 Å². The van der Waals surface area contributed by atoms with Crippen LogP contribution in [-0.2, 0) is 20.9 Å². The van der Waals surface area contributed by atoms with Crippen molar-refractivity contribution in [1.82, 2.24) is 9.88 Å². The Kier molecular flexibility index (Phi) is 5.35. The molecule has 0 radical (unpaired) electrons. The number of nitrogens with zero attached hydrogens (tertiary/aromatic N) is 2. The van der Waals surface area contributed by atoms with Crippen LogP contribution in [0.25, 0.3) is 6.08 Å². The summed E-state index contributed by atoms with van der Waals surface area (Å²) in [4.78, 5) is 31.1. The van der Waals surface area contributed by atoms with Crippen molar-refractivity contribution >= 4 is 18.0 Å².